The van der Waals surface area contributed by atoms with Crippen LogP contribution in [0.4, 0.5) is 17.5 Å². The number of hydrogen-bond acceptors (Lipinski definition) is 20. The number of methoxy groups -OCH3 is 3. The van der Waals surface area contributed by atoms with Gasteiger partial charge >= 0.3 is 0 Å². The van der Waals surface area contributed by atoms with Crippen molar-refractivity contribution in [2.24, 2.45) is 17.8 Å². The summed E-state index contributed by atoms with van der Waals surface area (Å²) < 4.78 is 25.9. The van der Waals surface area contributed by atoms with E-state index in [9.17, 15) is 19.5 Å². The average molecular weight is 1590 g/mol. The van der Waals surface area contributed by atoms with Crippen molar-refractivity contribution >= 4 is 159 Å². The quantitative estimate of drug-likeness (QED) is 0.0330. The fourth-order valence-corrected chi connectivity index (χ4v) is 16.5. The first-order valence-corrected chi connectivity index (χ1v) is 36.5. The van der Waals surface area contributed by atoms with Crippen LogP contribution in [0.2, 0.25) is 0 Å². The van der Waals surface area contributed by atoms with E-state index in [1.807, 2.05) is 77.7 Å². The highest BCUT2D eigenvalue weighted by atomic mass is 127. The molecule has 3 fully saturated rings. The van der Waals surface area contributed by atoms with Crippen molar-refractivity contribution in [3.8, 4) is 17.2 Å². The smallest absolute Gasteiger partial charge is 0.251 e. The molecule has 9 aromatic rings. The van der Waals surface area contributed by atoms with Gasteiger partial charge in [0.25, 0.3) is 5.91 Å². The van der Waals surface area contributed by atoms with Gasteiger partial charge in [-0.3, -0.25) is 14.4 Å². The summed E-state index contributed by atoms with van der Waals surface area (Å²) in [6, 6.07) is 23.6. The number of nitrogens with two attached hydrogens (primary N) is 3. The topological polar surface area (TPSA) is 299 Å². The molecule has 3 amide bonds. The number of halogens is 3. The number of carbonyl (C=O) groups is 3. The minimum atomic E-state index is -0.937. The summed E-state index contributed by atoms with van der Waals surface area (Å²) in [6.07, 6.45) is 14.0. The highest BCUT2D eigenvalue weighted by Gasteiger charge is 2.28. The number of fused-ring (bicyclic) bond motifs is 3. The summed E-state index contributed by atoms with van der Waals surface area (Å²) >= 11 is 14.3. The molecule has 0 bridgehead atoms. The maximum atomic E-state index is 12.0. The molecule has 0 saturated carbocycles. The normalized spacial score (nSPS) is 15.1. The predicted octanol–water partition coefficient (Wildman–Crippen LogP) is 11.5. The number of nitrogen functional groups attached to an aromatic ring is 3. The summed E-state index contributed by atoms with van der Waals surface area (Å²) in [5.41, 5.74) is 23.5. The number of carbonyl (C=O) groups excluding carboxylic acids is 3. The molecule has 23 nitrogen and oxygen atoms in total. The number of likely N-dealkylation sites (tertiary alicyclic amines) is 3. The van der Waals surface area contributed by atoms with E-state index < -0.39 is 12.7 Å². The molecule has 3 aliphatic heterocycles. The molecule has 3 aliphatic rings. The zero-order chi connectivity index (χ0) is 67.3. The lowest BCUT2D eigenvalue weighted by atomic mass is 9.93. The number of anilines is 3. The van der Waals surface area contributed by atoms with Gasteiger partial charge in [0.15, 0.2) is 32.9 Å². The molecule has 12 rings (SSSR count). The van der Waals surface area contributed by atoms with E-state index in [0.717, 1.165) is 179 Å². The molecule has 0 spiro atoms. The van der Waals surface area contributed by atoms with Crippen molar-refractivity contribution in [3.63, 3.8) is 0 Å². The Balaban J connectivity index is 0.000000155. The number of amides is 3. The van der Waals surface area contributed by atoms with E-state index in [1.165, 1.54) is 6.92 Å². The third kappa shape index (κ3) is 17.8. The fourth-order valence-electron chi connectivity index (χ4n) is 12.0. The summed E-state index contributed by atoms with van der Waals surface area (Å²) in [5, 5.41) is 21.2. The van der Waals surface area contributed by atoms with Crippen molar-refractivity contribution in [2.75, 3.05) is 84.4 Å². The van der Waals surface area contributed by atoms with Gasteiger partial charge in [0.2, 0.25) is 12.3 Å². The first kappa shape index (κ1) is 71.2. The number of imidazole rings is 3. The van der Waals surface area contributed by atoms with Gasteiger partial charge in [-0.15, -0.1) is 0 Å². The Morgan fingerprint density at radius 2 is 0.937 bits per heavy atom. The van der Waals surface area contributed by atoms with Gasteiger partial charge in [-0.25, -0.2) is 29.9 Å². The number of ether oxygens (including phenoxy) is 3. The number of aromatic nitrogens is 9. The monoisotopic (exact) mass is 1590 g/mol. The van der Waals surface area contributed by atoms with Gasteiger partial charge in [-0.2, -0.15) is 0 Å². The van der Waals surface area contributed by atoms with Gasteiger partial charge in [0.1, 0.15) is 46.5 Å². The van der Waals surface area contributed by atoms with Crippen LogP contribution in [0.3, 0.4) is 0 Å². The Labute approximate surface area is 594 Å². The van der Waals surface area contributed by atoms with Crippen LogP contribution in [0.15, 0.2) is 130 Å². The Hall–Kier alpha value is -6.61. The number of hydrogen-bond donors (Lipinski definition) is 5. The second kappa shape index (κ2) is 33.6. The number of aryl methyl sites for hydroxylation is 3. The summed E-state index contributed by atoms with van der Waals surface area (Å²) in [6.45, 7) is 8.02. The second-order valence-electron chi connectivity index (χ2n) is 23.4. The molecule has 8 N–H and O–H groups in total. The van der Waals surface area contributed by atoms with Crippen molar-refractivity contribution in [2.45, 2.75) is 121 Å². The highest BCUT2D eigenvalue weighted by Crippen LogP contribution is 2.41. The number of aliphatic hydroxyl groups excluding tert-OH is 2. The third-order valence-electron chi connectivity index (χ3n) is 17.5. The molecular formula is C66H78Br2IN15O8S3. The van der Waals surface area contributed by atoms with Gasteiger partial charge in [0, 0.05) is 105 Å². The fraction of sp³-hybridized carbons (Fsp3) is 0.409. The number of aliphatic hydroxyl groups is 2. The predicted molar refractivity (Wildman–Crippen MR) is 387 cm³/mol. The van der Waals surface area contributed by atoms with Crippen LogP contribution in [-0.2, 0) is 34.0 Å². The molecule has 3 aromatic carbocycles. The van der Waals surface area contributed by atoms with E-state index in [4.69, 9.17) is 51.5 Å². The van der Waals surface area contributed by atoms with Crippen LogP contribution in [0.1, 0.15) is 64.7 Å². The molecular weight excluding hydrogens is 1510 g/mol. The van der Waals surface area contributed by atoms with E-state index in [2.05, 4.69) is 83.1 Å². The van der Waals surface area contributed by atoms with Crippen molar-refractivity contribution in [1.82, 2.24) is 58.3 Å². The molecule has 95 heavy (non-hydrogen) atoms. The minimum Gasteiger partial charge on any atom is -0.497 e. The Bertz CT molecular complexity index is 4140. The summed E-state index contributed by atoms with van der Waals surface area (Å²) in [5.74, 6) is 4.92. The molecule has 1 atom stereocenters. The molecule has 0 aliphatic carbocycles. The largest absolute Gasteiger partial charge is 0.497 e. The zero-order valence-corrected chi connectivity index (χ0v) is 61.1. The third-order valence-corrected chi connectivity index (χ3v) is 23.8. The average Bonchev–Trinajstić information content (AvgIpc) is 1.67. The Morgan fingerprint density at radius 3 is 1.31 bits per heavy atom. The van der Waals surface area contributed by atoms with Crippen LogP contribution >= 0.6 is 89.7 Å². The first-order valence-electron chi connectivity index (χ1n) is 31.4. The van der Waals surface area contributed by atoms with E-state index in [1.54, 1.807) is 85.0 Å². The van der Waals surface area contributed by atoms with Crippen LogP contribution in [0.5, 0.6) is 17.2 Å². The maximum absolute atomic E-state index is 12.0. The summed E-state index contributed by atoms with van der Waals surface area (Å²) in [4.78, 5) is 70.3. The van der Waals surface area contributed by atoms with Gasteiger partial charge in [0.05, 0.1) is 37.9 Å². The lowest BCUT2D eigenvalue weighted by Crippen LogP contribution is -2.43. The van der Waals surface area contributed by atoms with Crippen LogP contribution < -0.4 is 31.4 Å². The number of benzene rings is 3. The zero-order valence-electron chi connectivity index (χ0n) is 53.3. The number of pyridine rings is 3. The van der Waals surface area contributed by atoms with E-state index in [-0.39, 0.29) is 11.8 Å². The Kier molecular flexibility index (Phi) is 25.1. The Morgan fingerprint density at radius 1 is 0.579 bits per heavy atom. The lowest BCUT2D eigenvalue weighted by molar-refractivity contribution is -0.140. The number of nitrogens with zero attached hydrogens (tertiary/aromatic N) is 12. The minimum absolute atomic E-state index is 0.181. The molecule has 0 unspecified atom stereocenters. The van der Waals surface area contributed by atoms with Crippen molar-refractivity contribution in [3.05, 3.63) is 104 Å². The number of rotatable bonds is 21. The van der Waals surface area contributed by atoms with Gasteiger partial charge < -0.3 is 70.0 Å². The molecule has 9 heterocycles. The highest BCUT2D eigenvalue weighted by molar-refractivity contribution is 14.1. The molecule has 6 aromatic heterocycles. The number of piperidine rings is 3. The lowest BCUT2D eigenvalue weighted by Gasteiger charge is -2.32. The molecule has 0 radical (unpaired) electrons. The maximum Gasteiger partial charge on any atom is 0.251 e. The van der Waals surface area contributed by atoms with E-state index in [0.29, 0.717) is 72.4 Å². The van der Waals surface area contributed by atoms with Gasteiger partial charge in [-0.05, 0) is 210 Å². The van der Waals surface area contributed by atoms with Gasteiger partial charge in [-0.1, -0.05) is 35.3 Å². The second-order valence-corrected chi connectivity index (χ2v) is 29.3. The van der Waals surface area contributed by atoms with Crippen LogP contribution in [-0.4, -0.2) is 160 Å². The molecule has 29 heteroatoms. The summed E-state index contributed by atoms with van der Waals surface area (Å²) in [7, 11) is 4.98. The molecule has 3 saturated heterocycles. The first-order chi connectivity index (χ1) is 45.9. The molecule has 504 valence electrons. The van der Waals surface area contributed by atoms with Crippen LogP contribution in [0.25, 0.3) is 33.1 Å². The SMILES string of the molecule is COc1ccc(Br)c(Sc2nc3c(N)nccc3n2CCC2CCN(C(=O)CO)CC2)c1.COc1ccc(Br)c(Sc2nc3c(N)nccc3n2CCC2CCN(C(=O)[C@@H](C)O)CC2)c1.COc1ccc(I)c(Sc2nc3c(N)nccc3n2CCC2CCN(C=O)CC2)c1. The van der Waals surface area contributed by atoms with E-state index >= 15 is 0 Å². The van der Waals surface area contributed by atoms with Crippen molar-refractivity contribution < 1.29 is 38.8 Å². The standard InChI is InChI=1S/C23H28BrN5O3S.C22H26BrN5O3S.C21H24IN5O2S/c1-14(30)22(31)28-10-6-15(7-11-28)8-12-29-18-5-9-26-21(25)20(18)27-23(29)33-19-13-16(32-2)3-4-17(19)24;1-31-15-2-3-16(23)18(12-15)32-22-26-20-17(4-8-25-21(20)24)28(22)11-7-14-5-9-27(10-6-14)19(30)13-29;1-29-15-2-3-16(22)18(12-15)30-21-25-19-17(4-8-24-20(19)23)27(21)11-7-14-5-9-26(13-28)10-6-14/h3-5,9,13-15,30H,6-8,10-12H2,1-2H3,(H2,25,26);2-4,8,12,14,29H,5-7,9-11,13H2,1H3,(H2,24,25);2-4,8,12-14H,5-7,9-11H2,1H3,(H2,23,24)/t14-;;/m1../s1. The van der Waals surface area contributed by atoms with Crippen LogP contribution in [0, 0.1) is 21.3 Å². The van der Waals surface area contributed by atoms with Crippen molar-refractivity contribution in [1.29, 1.82) is 0 Å².